The summed E-state index contributed by atoms with van der Waals surface area (Å²) in [6.45, 7) is 1.30. The zero-order valence-corrected chi connectivity index (χ0v) is 15.4. The van der Waals surface area contributed by atoms with Gasteiger partial charge in [-0.25, -0.2) is 4.79 Å². The fourth-order valence-electron chi connectivity index (χ4n) is 3.69. The summed E-state index contributed by atoms with van der Waals surface area (Å²) in [7, 11) is 0. The normalized spacial score (nSPS) is 24.1. The number of carbonyl (C=O) groups excluding carboxylic acids is 1. The van der Waals surface area contributed by atoms with Crippen LogP contribution in [0.15, 0.2) is 65.7 Å². The molecule has 2 aromatic rings. The van der Waals surface area contributed by atoms with Gasteiger partial charge in [-0.3, -0.25) is 9.79 Å². The van der Waals surface area contributed by atoms with Gasteiger partial charge >= 0.3 is 6.09 Å². The molecule has 4 rings (SSSR count). The minimum atomic E-state index is -0.921. The van der Waals surface area contributed by atoms with Gasteiger partial charge in [-0.2, -0.15) is 0 Å². The third kappa shape index (κ3) is 3.30. The molecule has 0 saturated carbocycles. The Morgan fingerprint density at radius 2 is 1.78 bits per heavy atom. The maximum atomic E-state index is 12.5. The second-order valence-electron chi connectivity index (χ2n) is 6.68. The van der Waals surface area contributed by atoms with Gasteiger partial charge in [0.2, 0.25) is 0 Å². The number of hydrogen-bond acceptors (Lipinski definition) is 4. The van der Waals surface area contributed by atoms with Gasteiger partial charge in [0, 0.05) is 31.1 Å². The van der Waals surface area contributed by atoms with Crippen molar-refractivity contribution in [3.63, 3.8) is 0 Å². The lowest BCUT2D eigenvalue weighted by Gasteiger charge is -2.37. The lowest BCUT2D eigenvalue weighted by atomic mass is 9.87. The summed E-state index contributed by atoms with van der Waals surface area (Å²) in [4.78, 5) is 30.1. The number of amidine groups is 1. The average molecular weight is 381 g/mol. The van der Waals surface area contributed by atoms with E-state index in [0.717, 1.165) is 5.56 Å². The van der Waals surface area contributed by atoms with Crippen LogP contribution >= 0.6 is 11.8 Å². The van der Waals surface area contributed by atoms with E-state index in [1.54, 1.807) is 12.1 Å². The number of thioether (sulfide) groups is 1. The van der Waals surface area contributed by atoms with Crippen LogP contribution < -0.4 is 5.32 Å². The molecule has 2 aliphatic heterocycles. The van der Waals surface area contributed by atoms with Gasteiger partial charge in [0.25, 0.3) is 5.91 Å². The highest BCUT2D eigenvalue weighted by molar-refractivity contribution is 8.14. The highest BCUT2D eigenvalue weighted by Gasteiger charge is 2.52. The first-order chi connectivity index (χ1) is 13.1. The van der Waals surface area contributed by atoms with Crippen LogP contribution in [0.25, 0.3) is 0 Å². The van der Waals surface area contributed by atoms with Crippen molar-refractivity contribution in [2.75, 3.05) is 19.6 Å². The Labute approximate surface area is 161 Å². The summed E-state index contributed by atoms with van der Waals surface area (Å²) in [6, 6.07) is 18.9. The minimum Gasteiger partial charge on any atom is -0.465 e. The lowest BCUT2D eigenvalue weighted by molar-refractivity contribution is 0.0977. The molecule has 2 aromatic carbocycles. The predicted molar refractivity (Wildman–Crippen MR) is 105 cm³/mol. The Bertz CT molecular complexity index is 888. The Kier molecular flexibility index (Phi) is 4.61. The molecule has 2 N–H and O–H groups in total. The fraction of sp³-hybridized carbons (Fsp3) is 0.250. The van der Waals surface area contributed by atoms with E-state index in [1.165, 1.54) is 16.7 Å². The van der Waals surface area contributed by atoms with E-state index in [-0.39, 0.29) is 11.8 Å². The number of likely N-dealkylation sites (tertiary alicyclic amines) is 1. The number of carbonyl (C=O) groups is 2. The topological polar surface area (TPSA) is 82.0 Å². The Morgan fingerprint density at radius 3 is 2.44 bits per heavy atom. The number of fused-ring (bicyclic) bond motifs is 1. The fourth-order valence-corrected chi connectivity index (χ4v) is 5.10. The number of nitrogens with one attached hydrogen (secondary N) is 1. The molecule has 7 heteroatoms. The highest BCUT2D eigenvalue weighted by Crippen LogP contribution is 2.50. The standard InChI is InChI=1S/C20H19N3O3S/c24-17(14-7-3-1-4-8-14)22-18-21-11-16-12-23(19(25)26)13-20(16,27-18)15-9-5-2-6-10-15/h1-10,16H,11-13H2,(H,25,26)(H,21,22,24). The van der Waals surface area contributed by atoms with Gasteiger partial charge in [-0.1, -0.05) is 60.3 Å². The summed E-state index contributed by atoms with van der Waals surface area (Å²) in [5.41, 5.74) is 1.63. The van der Waals surface area contributed by atoms with Crippen LogP contribution in [-0.4, -0.2) is 46.8 Å². The summed E-state index contributed by atoms with van der Waals surface area (Å²) in [5.74, 6) is -0.144. The Balaban J connectivity index is 1.62. The van der Waals surface area contributed by atoms with Crippen LogP contribution in [0.3, 0.4) is 0 Å². The van der Waals surface area contributed by atoms with Gasteiger partial charge in [-0.15, -0.1) is 0 Å². The molecule has 2 atom stereocenters. The quantitative estimate of drug-likeness (QED) is 0.838. The molecule has 2 heterocycles. The van der Waals surface area contributed by atoms with E-state index in [0.29, 0.717) is 30.4 Å². The van der Waals surface area contributed by atoms with Gasteiger partial charge in [-0.05, 0) is 17.7 Å². The average Bonchev–Trinajstić information content (AvgIpc) is 3.10. The first-order valence-electron chi connectivity index (χ1n) is 8.72. The number of aliphatic imine (C=N–C) groups is 1. The maximum absolute atomic E-state index is 12.5. The molecule has 1 fully saturated rings. The molecule has 27 heavy (non-hydrogen) atoms. The zero-order chi connectivity index (χ0) is 18.9. The molecule has 0 bridgehead atoms. The van der Waals surface area contributed by atoms with Crippen molar-refractivity contribution in [1.82, 2.24) is 10.2 Å². The minimum absolute atomic E-state index is 0.0679. The Morgan fingerprint density at radius 1 is 1.11 bits per heavy atom. The predicted octanol–water partition coefficient (Wildman–Crippen LogP) is 3.02. The van der Waals surface area contributed by atoms with Crippen molar-refractivity contribution in [1.29, 1.82) is 0 Å². The second kappa shape index (κ2) is 7.08. The van der Waals surface area contributed by atoms with Crippen LogP contribution in [0.5, 0.6) is 0 Å². The van der Waals surface area contributed by atoms with Crippen LogP contribution in [0.4, 0.5) is 4.79 Å². The van der Waals surface area contributed by atoms with E-state index in [4.69, 9.17) is 0 Å². The number of nitrogens with zero attached hydrogens (tertiary/aromatic N) is 2. The van der Waals surface area contributed by atoms with E-state index in [1.807, 2.05) is 48.5 Å². The van der Waals surface area contributed by atoms with E-state index < -0.39 is 10.8 Å². The number of rotatable bonds is 2. The summed E-state index contributed by atoms with van der Waals surface area (Å²) in [5, 5.41) is 12.9. The molecule has 6 nitrogen and oxygen atoms in total. The van der Waals surface area contributed by atoms with Gasteiger partial charge in [0.15, 0.2) is 5.17 Å². The molecule has 2 unspecified atom stereocenters. The third-order valence-electron chi connectivity index (χ3n) is 5.05. The number of amides is 2. The number of hydrogen-bond donors (Lipinski definition) is 2. The number of carboxylic acid groups (broad SMARTS) is 1. The van der Waals surface area contributed by atoms with E-state index >= 15 is 0 Å². The van der Waals surface area contributed by atoms with Crippen LogP contribution in [0.1, 0.15) is 15.9 Å². The molecule has 0 aromatic heterocycles. The summed E-state index contributed by atoms with van der Waals surface area (Å²) in [6.07, 6.45) is -0.921. The Hall–Kier alpha value is -2.80. The van der Waals surface area contributed by atoms with Crippen molar-refractivity contribution < 1.29 is 14.7 Å². The summed E-state index contributed by atoms with van der Waals surface area (Å²) >= 11 is 1.46. The molecule has 0 aliphatic carbocycles. The van der Waals surface area contributed by atoms with Gasteiger partial charge < -0.3 is 15.3 Å². The van der Waals surface area contributed by atoms with Gasteiger partial charge in [0.1, 0.15) is 0 Å². The second-order valence-corrected chi connectivity index (χ2v) is 8.00. The zero-order valence-electron chi connectivity index (χ0n) is 14.5. The van der Waals surface area contributed by atoms with Crippen LogP contribution in [0, 0.1) is 5.92 Å². The lowest BCUT2D eigenvalue weighted by Crippen LogP contribution is -2.42. The molecule has 138 valence electrons. The van der Waals surface area contributed by atoms with E-state index in [2.05, 4.69) is 10.3 Å². The van der Waals surface area contributed by atoms with Crippen molar-refractivity contribution in [2.24, 2.45) is 10.9 Å². The smallest absolute Gasteiger partial charge is 0.407 e. The molecule has 1 saturated heterocycles. The monoisotopic (exact) mass is 381 g/mol. The maximum Gasteiger partial charge on any atom is 0.407 e. The number of benzene rings is 2. The van der Waals surface area contributed by atoms with Crippen molar-refractivity contribution >= 4 is 28.9 Å². The van der Waals surface area contributed by atoms with Crippen molar-refractivity contribution in [2.45, 2.75) is 4.75 Å². The molecule has 2 amide bonds. The molecular formula is C20H19N3O3S. The van der Waals surface area contributed by atoms with Crippen LogP contribution in [0.2, 0.25) is 0 Å². The van der Waals surface area contributed by atoms with Crippen LogP contribution in [-0.2, 0) is 4.75 Å². The molecule has 0 spiro atoms. The molecular weight excluding hydrogens is 362 g/mol. The van der Waals surface area contributed by atoms with Crippen molar-refractivity contribution in [3.05, 3.63) is 71.8 Å². The van der Waals surface area contributed by atoms with Gasteiger partial charge in [0.05, 0.1) is 4.75 Å². The van der Waals surface area contributed by atoms with E-state index in [9.17, 15) is 14.7 Å². The summed E-state index contributed by atoms with van der Waals surface area (Å²) < 4.78 is -0.444. The largest absolute Gasteiger partial charge is 0.465 e. The SMILES string of the molecule is O=C(NC1=NCC2CN(C(=O)O)CC2(c2ccccc2)S1)c1ccccc1. The van der Waals surface area contributed by atoms with Crippen molar-refractivity contribution in [3.8, 4) is 0 Å². The first-order valence-corrected chi connectivity index (χ1v) is 9.53. The highest BCUT2D eigenvalue weighted by atomic mass is 32.2. The molecule has 2 aliphatic rings. The third-order valence-corrected chi connectivity index (χ3v) is 6.54. The first kappa shape index (κ1) is 17.6. The molecule has 0 radical (unpaired) electrons.